The SMILES string of the molecule is COc1ccc(OC)c(NC(=O)COc2ccc(Cl)cc2C(C)=O)c1. The highest BCUT2D eigenvalue weighted by Gasteiger charge is 2.13. The maximum Gasteiger partial charge on any atom is 0.262 e. The predicted octanol–water partition coefficient (Wildman–Crippen LogP) is 3.58. The van der Waals surface area contributed by atoms with E-state index in [1.807, 2.05) is 0 Å². The maximum absolute atomic E-state index is 12.2. The molecule has 0 bridgehead atoms. The molecule has 1 amide bonds. The van der Waals surface area contributed by atoms with E-state index >= 15 is 0 Å². The van der Waals surface area contributed by atoms with Gasteiger partial charge in [0.05, 0.1) is 25.5 Å². The van der Waals surface area contributed by atoms with Crippen molar-refractivity contribution in [1.29, 1.82) is 0 Å². The fourth-order valence-corrected chi connectivity index (χ4v) is 2.32. The standard InChI is InChI=1S/C18H18ClNO5/c1-11(21)14-8-12(19)4-6-16(14)25-10-18(22)20-15-9-13(23-2)5-7-17(15)24-3/h4-9H,10H2,1-3H3,(H,20,22). The first kappa shape index (κ1) is 18.6. The number of ketones is 1. The number of nitrogens with one attached hydrogen (secondary N) is 1. The fourth-order valence-electron chi connectivity index (χ4n) is 2.14. The third-order valence-corrected chi connectivity index (χ3v) is 3.60. The summed E-state index contributed by atoms with van der Waals surface area (Å²) >= 11 is 5.88. The topological polar surface area (TPSA) is 73.9 Å². The lowest BCUT2D eigenvalue weighted by Crippen LogP contribution is -2.21. The van der Waals surface area contributed by atoms with Crippen LogP contribution < -0.4 is 19.5 Å². The normalized spacial score (nSPS) is 10.1. The third kappa shape index (κ3) is 4.87. The summed E-state index contributed by atoms with van der Waals surface area (Å²) in [6.07, 6.45) is 0. The van der Waals surface area contributed by atoms with Gasteiger partial charge in [0.15, 0.2) is 12.4 Å². The molecule has 2 aromatic rings. The van der Waals surface area contributed by atoms with E-state index in [1.54, 1.807) is 30.3 Å². The third-order valence-electron chi connectivity index (χ3n) is 3.36. The van der Waals surface area contributed by atoms with Crippen molar-refractivity contribution >= 4 is 29.0 Å². The Morgan fingerprint density at radius 1 is 1.04 bits per heavy atom. The van der Waals surface area contributed by atoms with Crippen molar-refractivity contribution in [2.75, 3.05) is 26.1 Å². The lowest BCUT2D eigenvalue weighted by molar-refractivity contribution is -0.118. The Labute approximate surface area is 150 Å². The molecule has 0 saturated carbocycles. The molecule has 132 valence electrons. The van der Waals surface area contributed by atoms with Gasteiger partial charge in [-0.15, -0.1) is 0 Å². The van der Waals surface area contributed by atoms with Gasteiger partial charge >= 0.3 is 0 Å². The van der Waals surface area contributed by atoms with Gasteiger partial charge in [0.2, 0.25) is 0 Å². The number of halogens is 1. The zero-order valence-corrected chi connectivity index (χ0v) is 14.8. The highest BCUT2D eigenvalue weighted by atomic mass is 35.5. The molecule has 0 heterocycles. The molecule has 0 spiro atoms. The molecule has 6 nitrogen and oxygen atoms in total. The molecule has 0 fully saturated rings. The Balaban J connectivity index is 2.08. The number of methoxy groups -OCH3 is 2. The van der Waals surface area contributed by atoms with Crippen LogP contribution in [-0.4, -0.2) is 32.5 Å². The number of carbonyl (C=O) groups is 2. The minimum atomic E-state index is -0.406. The van der Waals surface area contributed by atoms with E-state index in [9.17, 15) is 9.59 Å². The first-order chi connectivity index (χ1) is 11.9. The Morgan fingerprint density at radius 2 is 1.76 bits per heavy atom. The van der Waals surface area contributed by atoms with Crippen LogP contribution in [0.1, 0.15) is 17.3 Å². The fraction of sp³-hybridized carbons (Fsp3) is 0.222. The van der Waals surface area contributed by atoms with E-state index in [0.29, 0.717) is 33.5 Å². The Morgan fingerprint density at radius 3 is 2.40 bits per heavy atom. The molecular formula is C18H18ClNO5. The van der Waals surface area contributed by atoms with Crippen LogP contribution in [0.25, 0.3) is 0 Å². The summed E-state index contributed by atoms with van der Waals surface area (Å²) in [5.41, 5.74) is 0.776. The predicted molar refractivity (Wildman–Crippen MR) is 95.1 cm³/mol. The van der Waals surface area contributed by atoms with E-state index in [0.717, 1.165) is 0 Å². The van der Waals surface area contributed by atoms with Crippen LogP contribution in [0.2, 0.25) is 5.02 Å². The molecule has 0 unspecified atom stereocenters. The van der Waals surface area contributed by atoms with Crippen molar-refractivity contribution in [3.63, 3.8) is 0 Å². The van der Waals surface area contributed by atoms with Gasteiger partial charge < -0.3 is 19.5 Å². The van der Waals surface area contributed by atoms with Gasteiger partial charge in [-0.05, 0) is 37.3 Å². The van der Waals surface area contributed by atoms with Gasteiger partial charge in [0, 0.05) is 11.1 Å². The average Bonchev–Trinajstić information content (AvgIpc) is 2.60. The number of anilines is 1. The van der Waals surface area contributed by atoms with E-state index in [2.05, 4.69) is 5.32 Å². The Kier molecular flexibility index (Phi) is 6.25. The Bertz CT molecular complexity index is 791. The quantitative estimate of drug-likeness (QED) is 0.761. The van der Waals surface area contributed by atoms with Crippen molar-refractivity contribution in [1.82, 2.24) is 0 Å². The molecule has 0 radical (unpaired) electrons. The number of amides is 1. The molecule has 0 aliphatic carbocycles. The zero-order chi connectivity index (χ0) is 18.4. The number of hydrogen-bond acceptors (Lipinski definition) is 5. The van der Waals surface area contributed by atoms with Crippen LogP contribution in [-0.2, 0) is 4.79 Å². The van der Waals surface area contributed by atoms with E-state index < -0.39 is 5.91 Å². The van der Waals surface area contributed by atoms with Crippen LogP contribution in [0.15, 0.2) is 36.4 Å². The molecule has 0 aliphatic heterocycles. The number of rotatable bonds is 7. The van der Waals surface area contributed by atoms with Crippen LogP contribution in [0, 0.1) is 0 Å². The van der Waals surface area contributed by atoms with Crippen molar-refractivity contribution in [2.24, 2.45) is 0 Å². The first-order valence-electron chi connectivity index (χ1n) is 7.39. The second kappa shape index (κ2) is 8.39. The smallest absolute Gasteiger partial charge is 0.262 e. The first-order valence-corrected chi connectivity index (χ1v) is 7.77. The Hall–Kier alpha value is -2.73. The van der Waals surface area contributed by atoms with Gasteiger partial charge in [-0.25, -0.2) is 0 Å². The number of ether oxygens (including phenoxy) is 3. The average molecular weight is 364 g/mol. The van der Waals surface area contributed by atoms with Crippen molar-refractivity contribution < 1.29 is 23.8 Å². The minimum absolute atomic E-state index is 0.202. The van der Waals surface area contributed by atoms with Crippen LogP contribution in [0.3, 0.4) is 0 Å². The van der Waals surface area contributed by atoms with Crippen LogP contribution in [0.4, 0.5) is 5.69 Å². The second-order valence-electron chi connectivity index (χ2n) is 5.10. The van der Waals surface area contributed by atoms with Gasteiger partial charge in [0.1, 0.15) is 17.2 Å². The van der Waals surface area contributed by atoms with Crippen molar-refractivity contribution in [3.05, 3.63) is 47.0 Å². The van der Waals surface area contributed by atoms with Crippen LogP contribution >= 0.6 is 11.6 Å². The van der Waals surface area contributed by atoms with Gasteiger partial charge in [0.25, 0.3) is 5.91 Å². The molecule has 2 rings (SSSR count). The summed E-state index contributed by atoms with van der Waals surface area (Å²) in [7, 11) is 3.03. The molecular weight excluding hydrogens is 346 g/mol. The van der Waals surface area contributed by atoms with E-state index in [1.165, 1.54) is 27.2 Å². The highest BCUT2D eigenvalue weighted by Crippen LogP contribution is 2.29. The van der Waals surface area contributed by atoms with Crippen LogP contribution in [0.5, 0.6) is 17.2 Å². The molecule has 0 atom stereocenters. The van der Waals surface area contributed by atoms with Gasteiger partial charge in [-0.1, -0.05) is 11.6 Å². The molecule has 0 aromatic heterocycles. The summed E-state index contributed by atoms with van der Waals surface area (Å²) in [6.45, 7) is 1.13. The number of hydrogen-bond donors (Lipinski definition) is 1. The summed E-state index contributed by atoms with van der Waals surface area (Å²) in [6, 6.07) is 9.69. The lowest BCUT2D eigenvalue weighted by Gasteiger charge is -2.13. The summed E-state index contributed by atoms with van der Waals surface area (Å²) in [5.74, 6) is 0.756. The summed E-state index contributed by atoms with van der Waals surface area (Å²) < 4.78 is 15.8. The van der Waals surface area contributed by atoms with Gasteiger partial charge in [-0.2, -0.15) is 0 Å². The summed E-state index contributed by atoms with van der Waals surface area (Å²) in [5, 5.41) is 3.11. The van der Waals surface area contributed by atoms with E-state index in [-0.39, 0.29) is 12.4 Å². The molecule has 2 aromatic carbocycles. The summed E-state index contributed by atoms with van der Waals surface area (Å²) in [4.78, 5) is 23.8. The molecule has 1 N–H and O–H groups in total. The van der Waals surface area contributed by atoms with Crippen molar-refractivity contribution in [3.8, 4) is 17.2 Å². The molecule has 25 heavy (non-hydrogen) atoms. The maximum atomic E-state index is 12.2. The monoisotopic (exact) mass is 363 g/mol. The highest BCUT2D eigenvalue weighted by molar-refractivity contribution is 6.31. The minimum Gasteiger partial charge on any atom is -0.497 e. The van der Waals surface area contributed by atoms with E-state index in [4.69, 9.17) is 25.8 Å². The lowest BCUT2D eigenvalue weighted by atomic mass is 10.1. The van der Waals surface area contributed by atoms with Crippen molar-refractivity contribution in [2.45, 2.75) is 6.92 Å². The largest absolute Gasteiger partial charge is 0.497 e. The molecule has 7 heteroatoms. The zero-order valence-electron chi connectivity index (χ0n) is 14.1. The second-order valence-corrected chi connectivity index (χ2v) is 5.54. The van der Waals surface area contributed by atoms with Gasteiger partial charge in [-0.3, -0.25) is 9.59 Å². The number of Topliss-reactive ketones (excluding diaryl/α,β-unsaturated/α-hetero) is 1. The number of carbonyl (C=O) groups excluding carboxylic acids is 2. The number of benzene rings is 2. The molecule has 0 aliphatic rings. The molecule has 0 saturated heterocycles.